The van der Waals surface area contributed by atoms with Crippen molar-refractivity contribution >= 4 is 29.9 Å². The molecule has 1 N–H and O–H groups in total. The van der Waals surface area contributed by atoms with Gasteiger partial charge in [-0.1, -0.05) is 23.7 Å². The Morgan fingerprint density at radius 2 is 2.19 bits per heavy atom. The lowest BCUT2D eigenvalue weighted by molar-refractivity contribution is -0.134. The second-order valence-electron chi connectivity index (χ2n) is 6.36. The number of rotatable bonds is 6. The number of hydrogen-bond acceptors (Lipinski definition) is 4. The van der Waals surface area contributed by atoms with Crippen LogP contribution in [0.25, 0.3) is 0 Å². The Morgan fingerprint density at radius 3 is 2.88 bits per heavy atom. The number of para-hydroxylation sites is 1. The number of carbonyl (C=O) groups excluding carboxylic acids is 1. The van der Waals surface area contributed by atoms with Crippen LogP contribution in [-0.2, 0) is 11.8 Å². The van der Waals surface area contributed by atoms with Crippen LogP contribution in [0.2, 0.25) is 5.02 Å². The lowest BCUT2D eigenvalue weighted by atomic mass is 9.90. The highest BCUT2D eigenvalue weighted by Crippen LogP contribution is 2.29. The van der Waals surface area contributed by atoms with E-state index < -0.39 is 0 Å². The molecule has 3 rings (SSSR count). The molecule has 1 aliphatic heterocycles. The van der Waals surface area contributed by atoms with Gasteiger partial charge < -0.3 is 15.0 Å². The maximum absolute atomic E-state index is 12.8. The Kier molecular flexibility index (Phi) is 7.32. The first-order valence-corrected chi connectivity index (χ1v) is 8.75. The monoisotopic (exact) mass is 398 g/mol. The van der Waals surface area contributed by atoms with Crippen molar-refractivity contribution in [2.45, 2.75) is 5.92 Å². The highest BCUT2D eigenvalue weighted by Gasteiger charge is 2.36. The molecule has 0 saturated carbocycles. The third kappa shape index (κ3) is 4.69. The first-order chi connectivity index (χ1) is 12.1. The SMILES string of the molecule is CN(CCOc1ccccc1Cl)C(=O)[C@H]1CNC[C@@H]1c1cnn(C)c1.Cl. The highest BCUT2D eigenvalue weighted by atomic mass is 35.5. The van der Waals surface area contributed by atoms with E-state index >= 15 is 0 Å². The fourth-order valence-electron chi connectivity index (χ4n) is 3.17. The van der Waals surface area contributed by atoms with Gasteiger partial charge in [0.05, 0.1) is 23.7 Å². The minimum absolute atomic E-state index is 0. The summed E-state index contributed by atoms with van der Waals surface area (Å²) < 4.78 is 7.45. The molecule has 0 unspecified atom stereocenters. The Labute approximate surface area is 164 Å². The van der Waals surface area contributed by atoms with Gasteiger partial charge in [0.25, 0.3) is 0 Å². The van der Waals surface area contributed by atoms with E-state index in [4.69, 9.17) is 16.3 Å². The lowest BCUT2D eigenvalue weighted by Gasteiger charge is -2.24. The Morgan fingerprint density at radius 1 is 1.42 bits per heavy atom. The zero-order valence-corrected chi connectivity index (χ0v) is 16.5. The molecule has 8 heteroatoms. The summed E-state index contributed by atoms with van der Waals surface area (Å²) in [6.45, 7) is 2.41. The van der Waals surface area contributed by atoms with Crippen LogP contribution in [0.4, 0.5) is 0 Å². The molecule has 1 saturated heterocycles. The van der Waals surface area contributed by atoms with E-state index in [0.717, 1.165) is 12.1 Å². The van der Waals surface area contributed by atoms with Crippen molar-refractivity contribution in [2.75, 3.05) is 33.3 Å². The number of nitrogens with one attached hydrogen (secondary N) is 1. The number of carbonyl (C=O) groups is 1. The van der Waals surface area contributed by atoms with Gasteiger partial charge in [-0.25, -0.2) is 0 Å². The van der Waals surface area contributed by atoms with Crippen LogP contribution < -0.4 is 10.1 Å². The molecule has 2 atom stereocenters. The Hall–Kier alpha value is -1.76. The van der Waals surface area contributed by atoms with Crippen molar-refractivity contribution in [3.63, 3.8) is 0 Å². The van der Waals surface area contributed by atoms with E-state index in [1.807, 2.05) is 44.7 Å². The van der Waals surface area contributed by atoms with Gasteiger partial charge in [-0.05, 0) is 17.7 Å². The number of hydrogen-bond donors (Lipinski definition) is 1. The molecule has 0 aliphatic carbocycles. The summed E-state index contributed by atoms with van der Waals surface area (Å²) >= 11 is 6.07. The molecule has 2 aromatic rings. The summed E-state index contributed by atoms with van der Waals surface area (Å²) in [5.74, 6) is 0.852. The molecule has 1 aliphatic rings. The maximum atomic E-state index is 12.8. The standard InChI is InChI=1S/C18H23ClN4O2.ClH/c1-22(7-8-25-17-6-4-3-5-16(17)19)18(24)15-11-20-10-14(15)13-9-21-23(2)12-13;/h3-6,9,12,14-15,20H,7-8,10-11H2,1-2H3;1H/t14-,15+;/m1./s1. The molecule has 6 nitrogen and oxygen atoms in total. The van der Waals surface area contributed by atoms with E-state index in [-0.39, 0.29) is 30.2 Å². The maximum Gasteiger partial charge on any atom is 0.227 e. The Bertz CT molecular complexity index is 737. The van der Waals surface area contributed by atoms with E-state index in [9.17, 15) is 4.79 Å². The van der Waals surface area contributed by atoms with Crippen LogP contribution in [0.1, 0.15) is 11.5 Å². The molecule has 0 radical (unpaired) electrons. The molecule has 1 fully saturated rings. The first-order valence-electron chi connectivity index (χ1n) is 8.38. The fraction of sp³-hybridized carbons (Fsp3) is 0.444. The highest BCUT2D eigenvalue weighted by molar-refractivity contribution is 6.32. The Balaban J connectivity index is 0.00000243. The van der Waals surface area contributed by atoms with Crippen molar-refractivity contribution < 1.29 is 9.53 Å². The second kappa shape index (κ2) is 9.26. The normalized spacial score (nSPS) is 19.0. The molecule has 142 valence electrons. The number of nitrogens with zero attached hydrogens (tertiary/aromatic N) is 3. The third-order valence-corrected chi connectivity index (χ3v) is 4.89. The van der Waals surface area contributed by atoms with Crippen LogP contribution in [0.3, 0.4) is 0 Å². The molecule has 1 amide bonds. The molecule has 0 spiro atoms. The van der Waals surface area contributed by atoms with Gasteiger partial charge >= 0.3 is 0 Å². The summed E-state index contributed by atoms with van der Waals surface area (Å²) in [4.78, 5) is 14.6. The zero-order chi connectivity index (χ0) is 17.8. The topological polar surface area (TPSA) is 59.4 Å². The largest absolute Gasteiger partial charge is 0.490 e. The fourth-order valence-corrected chi connectivity index (χ4v) is 3.36. The van der Waals surface area contributed by atoms with Crippen molar-refractivity contribution in [1.82, 2.24) is 20.0 Å². The van der Waals surface area contributed by atoms with Crippen molar-refractivity contribution in [3.8, 4) is 5.75 Å². The first kappa shape index (κ1) is 20.6. The second-order valence-corrected chi connectivity index (χ2v) is 6.76. The smallest absolute Gasteiger partial charge is 0.227 e. The van der Waals surface area contributed by atoms with Crippen LogP contribution in [0.15, 0.2) is 36.7 Å². The molecule has 26 heavy (non-hydrogen) atoms. The summed E-state index contributed by atoms with van der Waals surface area (Å²) in [7, 11) is 3.71. The summed E-state index contributed by atoms with van der Waals surface area (Å²) in [5.41, 5.74) is 1.10. The lowest BCUT2D eigenvalue weighted by Crippen LogP contribution is -2.38. The van der Waals surface area contributed by atoms with Gasteiger partial charge in [0.1, 0.15) is 12.4 Å². The zero-order valence-electron chi connectivity index (χ0n) is 14.9. The predicted octanol–water partition coefficient (Wildman–Crippen LogP) is 2.34. The van der Waals surface area contributed by atoms with Gasteiger partial charge in [-0.3, -0.25) is 9.48 Å². The average molecular weight is 399 g/mol. The minimum Gasteiger partial charge on any atom is -0.490 e. The van der Waals surface area contributed by atoms with Gasteiger partial charge in [-0.2, -0.15) is 5.10 Å². The number of aromatic nitrogens is 2. The molecule has 2 heterocycles. The third-order valence-electron chi connectivity index (χ3n) is 4.58. The minimum atomic E-state index is -0.0745. The van der Waals surface area contributed by atoms with Crippen LogP contribution in [0, 0.1) is 5.92 Å². The van der Waals surface area contributed by atoms with Gasteiger partial charge in [-0.15, -0.1) is 12.4 Å². The molecule has 0 bridgehead atoms. The van der Waals surface area contributed by atoms with E-state index in [2.05, 4.69) is 10.4 Å². The van der Waals surface area contributed by atoms with Crippen LogP contribution in [0.5, 0.6) is 5.75 Å². The number of halogens is 2. The van der Waals surface area contributed by atoms with Crippen molar-refractivity contribution in [1.29, 1.82) is 0 Å². The predicted molar refractivity (Wildman–Crippen MR) is 104 cm³/mol. The molecular formula is C18H24Cl2N4O2. The molecular weight excluding hydrogens is 375 g/mol. The van der Waals surface area contributed by atoms with E-state index in [1.165, 1.54) is 0 Å². The van der Waals surface area contributed by atoms with Crippen molar-refractivity contribution in [2.24, 2.45) is 13.0 Å². The number of amides is 1. The van der Waals surface area contributed by atoms with Crippen molar-refractivity contribution in [3.05, 3.63) is 47.2 Å². The number of benzene rings is 1. The van der Waals surface area contributed by atoms with E-state index in [0.29, 0.717) is 30.5 Å². The number of aryl methyl sites for hydroxylation is 1. The number of ether oxygens (including phenoxy) is 1. The van der Waals surface area contributed by atoms with Crippen LogP contribution >= 0.6 is 24.0 Å². The van der Waals surface area contributed by atoms with E-state index in [1.54, 1.807) is 15.6 Å². The van der Waals surface area contributed by atoms with Gasteiger partial charge in [0.2, 0.25) is 5.91 Å². The van der Waals surface area contributed by atoms with Gasteiger partial charge in [0, 0.05) is 39.3 Å². The summed E-state index contributed by atoms with van der Waals surface area (Å²) in [6.07, 6.45) is 3.83. The average Bonchev–Trinajstić information content (AvgIpc) is 3.24. The van der Waals surface area contributed by atoms with Crippen LogP contribution in [-0.4, -0.2) is 53.9 Å². The molecule has 1 aromatic carbocycles. The summed E-state index contributed by atoms with van der Waals surface area (Å²) in [5, 5.41) is 8.12. The molecule has 1 aromatic heterocycles. The quantitative estimate of drug-likeness (QED) is 0.810. The number of likely N-dealkylation sites (N-methyl/N-ethyl adjacent to an activating group) is 1. The van der Waals surface area contributed by atoms with Gasteiger partial charge in [0.15, 0.2) is 0 Å². The summed E-state index contributed by atoms with van der Waals surface area (Å²) in [6, 6.07) is 7.34.